The summed E-state index contributed by atoms with van der Waals surface area (Å²) in [5.74, 6) is -2.12. The molecule has 8 nitrogen and oxygen atoms in total. The normalized spacial score (nSPS) is 15.5. The second-order valence-electron chi connectivity index (χ2n) is 6.88. The van der Waals surface area contributed by atoms with Gasteiger partial charge in [-0.05, 0) is 36.6 Å². The molecular weight excluding hydrogens is 452 g/mol. The predicted molar refractivity (Wildman–Crippen MR) is 120 cm³/mol. The zero-order chi connectivity index (χ0) is 23.0. The number of nitrogens with two attached hydrogens (primary N) is 1. The molecule has 2 amide bonds. The summed E-state index contributed by atoms with van der Waals surface area (Å²) < 4.78 is 38.6. The molecule has 32 heavy (non-hydrogen) atoms. The Bertz CT molecular complexity index is 1300. The van der Waals surface area contributed by atoms with E-state index in [9.17, 15) is 18.0 Å². The highest BCUT2D eigenvalue weighted by molar-refractivity contribution is 7.95. The second-order valence-corrected chi connectivity index (χ2v) is 9.84. The molecule has 0 aliphatic carbocycles. The topological polar surface area (TPSA) is 116 Å². The molecule has 0 radical (unpaired) electrons. The number of ether oxygens (including phenoxy) is 2. The van der Waals surface area contributed by atoms with Gasteiger partial charge in [0.15, 0.2) is 0 Å². The van der Waals surface area contributed by atoms with Gasteiger partial charge in [0.2, 0.25) is 0 Å². The van der Waals surface area contributed by atoms with Crippen molar-refractivity contribution in [3.05, 3.63) is 70.6 Å². The molecule has 1 atom stereocenters. The molecule has 166 valence electrons. The fourth-order valence-corrected chi connectivity index (χ4v) is 6.40. The molecule has 2 aromatic carbocycles. The van der Waals surface area contributed by atoms with Crippen molar-refractivity contribution >= 4 is 38.9 Å². The van der Waals surface area contributed by atoms with Crippen molar-refractivity contribution in [2.45, 2.75) is 17.1 Å². The Morgan fingerprint density at radius 2 is 1.88 bits per heavy atom. The minimum Gasteiger partial charge on any atom is -0.496 e. The summed E-state index contributed by atoms with van der Waals surface area (Å²) in [6.07, 6.45) is 0. The summed E-state index contributed by atoms with van der Waals surface area (Å²) in [5, 5.41) is 1.61. The minimum atomic E-state index is -4.22. The van der Waals surface area contributed by atoms with E-state index in [1.165, 1.54) is 25.3 Å². The van der Waals surface area contributed by atoms with E-state index in [0.717, 1.165) is 15.6 Å². The molecule has 0 spiro atoms. The minimum absolute atomic E-state index is 0.00647. The number of sulfonamides is 1. The number of hydrogen-bond acceptors (Lipinski definition) is 7. The molecule has 3 aromatic rings. The lowest BCUT2D eigenvalue weighted by atomic mass is 9.88. The van der Waals surface area contributed by atoms with Crippen LogP contribution in [-0.2, 0) is 14.8 Å². The highest BCUT2D eigenvalue weighted by Crippen LogP contribution is 2.49. The fraction of sp³-hybridized carbons (Fsp3) is 0.182. The van der Waals surface area contributed by atoms with Gasteiger partial charge in [0.1, 0.15) is 15.7 Å². The van der Waals surface area contributed by atoms with Crippen LogP contribution in [0.5, 0.6) is 11.5 Å². The van der Waals surface area contributed by atoms with E-state index in [1.807, 2.05) is 0 Å². The maximum Gasteiger partial charge on any atom is 0.280 e. The van der Waals surface area contributed by atoms with Crippen molar-refractivity contribution in [1.29, 1.82) is 0 Å². The number of benzene rings is 2. The summed E-state index contributed by atoms with van der Waals surface area (Å²) in [6, 6.07) is 12.7. The number of fused-ring (bicyclic) bond motifs is 1. The van der Waals surface area contributed by atoms with Gasteiger partial charge in [-0.2, -0.15) is 8.42 Å². The molecule has 2 N–H and O–H groups in total. The maximum absolute atomic E-state index is 13.7. The van der Waals surface area contributed by atoms with Crippen LogP contribution in [-0.4, -0.2) is 33.9 Å². The number of carbonyl (C=O) groups excluding carboxylic acids is 2. The second kappa shape index (κ2) is 8.29. The van der Waals surface area contributed by atoms with Crippen molar-refractivity contribution in [3.63, 3.8) is 0 Å². The van der Waals surface area contributed by atoms with Crippen LogP contribution in [0.2, 0.25) is 0 Å². The van der Waals surface area contributed by atoms with Crippen LogP contribution in [0.1, 0.15) is 34.3 Å². The number of primary amides is 1. The smallest absolute Gasteiger partial charge is 0.280 e. The van der Waals surface area contributed by atoms with Gasteiger partial charge in [0, 0.05) is 11.1 Å². The molecule has 4 rings (SSSR count). The largest absolute Gasteiger partial charge is 0.496 e. The molecule has 0 saturated carbocycles. The summed E-state index contributed by atoms with van der Waals surface area (Å²) in [7, 11) is -2.85. The molecule has 1 aliphatic rings. The molecule has 0 saturated heterocycles. The standard InChI is InChI=1S/C22H20N2O6S2/c1-3-30-15-8-5-4-7-13(15)18-19-14(10-11-16(29-2)20(19)21(23)25)24(22(18)26)32(27,28)17-9-6-12-31-17/h4-12,18H,3H2,1-2H3,(H2,23,25). The van der Waals surface area contributed by atoms with Crippen LogP contribution in [0.25, 0.3) is 0 Å². The average Bonchev–Trinajstić information content (AvgIpc) is 3.40. The number of rotatable bonds is 7. The Balaban J connectivity index is 2.05. The molecule has 0 bridgehead atoms. The SMILES string of the molecule is CCOc1ccccc1C1C(=O)N(S(=O)(=O)c2cccs2)c2ccc(OC)c(C(N)=O)c21. The van der Waals surface area contributed by atoms with Gasteiger partial charge in [-0.3, -0.25) is 9.59 Å². The van der Waals surface area contributed by atoms with Gasteiger partial charge in [0.25, 0.3) is 21.8 Å². The highest BCUT2D eigenvalue weighted by atomic mass is 32.2. The lowest BCUT2D eigenvalue weighted by molar-refractivity contribution is -0.117. The van der Waals surface area contributed by atoms with Crippen LogP contribution in [0, 0.1) is 0 Å². The molecule has 1 aliphatic heterocycles. The molecular formula is C22H20N2O6S2. The van der Waals surface area contributed by atoms with Gasteiger partial charge in [0.05, 0.1) is 30.9 Å². The summed E-state index contributed by atoms with van der Waals surface area (Å²) in [5.41, 5.74) is 6.29. The summed E-state index contributed by atoms with van der Waals surface area (Å²) in [4.78, 5) is 26.2. The van der Waals surface area contributed by atoms with Gasteiger partial charge < -0.3 is 15.2 Å². The first-order chi connectivity index (χ1) is 15.3. The Morgan fingerprint density at radius 1 is 1.12 bits per heavy atom. The lowest BCUT2D eigenvalue weighted by Crippen LogP contribution is -2.35. The van der Waals surface area contributed by atoms with Crippen molar-refractivity contribution in [2.24, 2.45) is 5.73 Å². The number of thiophene rings is 1. The van der Waals surface area contributed by atoms with Crippen molar-refractivity contribution in [1.82, 2.24) is 0 Å². The van der Waals surface area contributed by atoms with Gasteiger partial charge >= 0.3 is 0 Å². The van der Waals surface area contributed by atoms with Gasteiger partial charge in [-0.1, -0.05) is 24.3 Å². The van der Waals surface area contributed by atoms with Crippen LogP contribution < -0.4 is 19.5 Å². The van der Waals surface area contributed by atoms with Crippen molar-refractivity contribution in [3.8, 4) is 11.5 Å². The highest BCUT2D eigenvalue weighted by Gasteiger charge is 2.48. The average molecular weight is 473 g/mol. The van der Waals surface area contributed by atoms with Crippen LogP contribution in [0.4, 0.5) is 5.69 Å². The molecule has 1 unspecified atom stereocenters. The number of anilines is 1. The number of methoxy groups -OCH3 is 1. The van der Waals surface area contributed by atoms with E-state index in [2.05, 4.69) is 0 Å². The lowest BCUT2D eigenvalue weighted by Gasteiger charge is -2.18. The first-order valence-electron chi connectivity index (χ1n) is 9.68. The Kier molecular flexibility index (Phi) is 5.66. The first-order valence-corrected chi connectivity index (χ1v) is 12.0. The third-order valence-electron chi connectivity index (χ3n) is 5.12. The monoisotopic (exact) mass is 472 g/mol. The summed E-state index contributed by atoms with van der Waals surface area (Å²) in [6.45, 7) is 2.13. The molecule has 2 heterocycles. The number of amides is 2. The van der Waals surface area contributed by atoms with Gasteiger partial charge in [-0.25, -0.2) is 4.31 Å². The molecule has 0 fully saturated rings. The third kappa shape index (κ3) is 3.32. The first kappa shape index (κ1) is 21.8. The van der Waals surface area contributed by atoms with Crippen LogP contribution in [0.15, 0.2) is 58.1 Å². The summed E-state index contributed by atoms with van der Waals surface area (Å²) >= 11 is 0.997. The van der Waals surface area contributed by atoms with E-state index in [0.29, 0.717) is 17.9 Å². The van der Waals surface area contributed by atoms with Crippen LogP contribution >= 0.6 is 11.3 Å². The van der Waals surface area contributed by atoms with E-state index in [1.54, 1.807) is 42.6 Å². The molecule has 1 aromatic heterocycles. The number of nitrogens with zero attached hydrogens (tertiary/aromatic N) is 1. The van der Waals surface area contributed by atoms with Crippen LogP contribution in [0.3, 0.4) is 0 Å². The quantitative estimate of drug-likeness (QED) is 0.565. The Hall–Kier alpha value is -3.37. The van der Waals surface area contributed by atoms with Crippen molar-refractivity contribution in [2.75, 3.05) is 18.0 Å². The van der Waals surface area contributed by atoms with E-state index >= 15 is 0 Å². The zero-order valence-electron chi connectivity index (χ0n) is 17.3. The predicted octanol–water partition coefficient (Wildman–Crippen LogP) is 3.12. The zero-order valence-corrected chi connectivity index (χ0v) is 18.9. The van der Waals surface area contributed by atoms with E-state index in [-0.39, 0.29) is 26.8 Å². The van der Waals surface area contributed by atoms with Gasteiger partial charge in [-0.15, -0.1) is 11.3 Å². The molecule has 10 heteroatoms. The van der Waals surface area contributed by atoms with E-state index < -0.39 is 27.8 Å². The Labute approximate surface area is 189 Å². The fourth-order valence-electron chi connectivity index (χ4n) is 3.88. The van der Waals surface area contributed by atoms with Crippen molar-refractivity contribution < 1.29 is 27.5 Å². The number of carbonyl (C=O) groups is 2. The third-order valence-corrected chi connectivity index (χ3v) is 8.21. The maximum atomic E-state index is 13.7. The number of para-hydroxylation sites is 1. The number of hydrogen-bond donors (Lipinski definition) is 1. The van der Waals surface area contributed by atoms with E-state index in [4.69, 9.17) is 15.2 Å². The Morgan fingerprint density at radius 3 is 2.50 bits per heavy atom.